The molecule has 2 rings (SSSR count). The van der Waals surface area contributed by atoms with Gasteiger partial charge in [-0.3, -0.25) is 4.79 Å². The number of rotatable bonds is 5. The largest absolute Gasteiger partial charge is 0.341 e. The molecule has 1 aliphatic heterocycles. The summed E-state index contributed by atoms with van der Waals surface area (Å²) in [6.07, 6.45) is 0.426. The van der Waals surface area contributed by atoms with Crippen molar-refractivity contribution >= 4 is 29.4 Å². The van der Waals surface area contributed by atoms with Crippen LogP contribution in [0.15, 0.2) is 24.3 Å². The van der Waals surface area contributed by atoms with Crippen LogP contribution in [0.5, 0.6) is 0 Å². The van der Waals surface area contributed by atoms with Crippen LogP contribution >= 0.6 is 11.8 Å². The van der Waals surface area contributed by atoms with Crippen LogP contribution in [0, 0.1) is 0 Å². The van der Waals surface area contributed by atoms with Crippen LogP contribution in [0.25, 0.3) is 0 Å². The second-order valence-corrected chi connectivity index (χ2v) is 6.69. The normalized spacial score (nSPS) is 14.4. The van der Waals surface area contributed by atoms with Crippen LogP contribution in [-0.4, -0.2) is 59.4 Å². The van der Waals surface area contributed by atoms with E-state index in [9.17, 15) is 9.59 Å². The first-order valence-electron chi connectivity index (χ1n) is 8.14. The van der Waals surface area contributed by atoms with Crippen molar-refractivity contribution in [3.05, 3.63) is 29.8 Å². The van der Waals surface area contributed by atoms with Gasteiger partial charge >= 0.3 is 6.03 Å². The molecule has 1 aromatic rings. The molecule has 0 radical (unpaired) electrons. The Morgan fingerprint density at radius 1 is 1.13 bits per heavy atom. The van der Waals surface area contributed by atoms with E-state index >= 15 is 0 Å². The maximum absolute atomic E-state index is 12.2. The number of thioether (sulfide) groups is 1. The topological polar surface area (TPSA) is 52.7 Å². The fourth-order valence-corrected chi connectivity index (χ4v) is 3.42. The summed E-state index contributed by atoms with van der Waals surface area (Å²) < 4.78 is 0. The average Bonchev–Trinajstić information content (AvgIpc) is 2.58. The number of anilines is 1. The van der Waals surface area contributed by atoms with Crippen molar-refractivity contribution < 1.29 is 9.59 Å². The number of hydrogen-bond acceptors (Lipinski definition) is 3. The number of nitrogens with zero attached hydrogens (tertiary/aromatic N) is 2. The van der Waals surface area contributed by atoms with E-state index in [2.05, 4.69) is 5.32 Å². The summed E-state index contributed by atoms with van der Waals surface area (Å²) >= 11 is 1.90. The van der Waals surface area contributed by atoms with E-state index in [1.807, 2.05) is 54.8 Å². The smallest absolute Gasteiger partial charge is 0.321 e. The highest BCUT2D eigenvalue weighted by atomic mass is 32.2. The molecule has 23 heavy (non-hydrogen) atoms. The predicted octanol–water partition coefficient (Wildman–Crippen LogP) is 2.68. The molecule has 1 aromatic carbocycles. The van der Waals surface area contributed by atoms with Crippen molar-refractivity contribution in [1.82, 2.24) is 9.80 Å². The molecule has 5 nitrogen and oxygen atoms in total. The summed E-state index contributed by atoms with van der Waals surface area (Å²) in [5.74, 6) is 2.25. The molecule has 0 atom stereocenters. The zero-order chi connectivity index (χ0) is 16.7. The third-order valence-electron chi connectivity index (χ3n) is 3.98. The second-order valence-electron chi connectivity index (χ2n) is 5.47. The molecule has 1 N–H and O–H groups in total. The van der Waals surface area contributed by atoms with Gasteiger partial charge in [-0.15, -0.1) is 0 Å². The van der Waals surface area contributed by atoms with Crippen LogP contribution in [0.2, 0.25) is 0 Å². The minimum absolute atomic E-state index is 0.0929. The Morgan fingerprint density at radius 2 is 1.74 bits per heavy atom. The molecule has 1 fully saturated rings. The molecule has 0 bridgehead atoms. The van der Waals surface area contributed by atoms with E-state index in [0.717, 1.165) is 35.8 Å². The lowest BCUT2D eigenvalue weighted by Crippen LogP contribution is -2.38. The Balaban J connectivity index is 1.89. The minimum Gasteiger partial charge on any atom is -0.341 e. The molecule has 6 heteroatoms. The third kappa shape index (κ3) is 5.16. The first-order chi connectivity index (χ1) is 11.1. The lowest BCUT2D eigenvalue weighted by Gasteiger charge is -2.26. The van der Waals surface area contributed by atoms with E-state index in [4.69, 9.17) is 0 Å². The van der Waals surface area contributed by atoms with Gasteiger partial charge in [-0.05, 0) is 31.5 Å². The van der Waals surface area contributed by atoms with Crippen molar-refractivity contribution in [3.63, 3.8) is 0 Å². The van der Waals surface area contributed by atoms with Gasteiger partial charge in [-0.2, -0.15) is 11.8 Å². The van der Waals surface area contributed by atoms with Gasteiger partial charge in [-0.1, -0.05) is 12.1 Å². The quantitative estimate of drug-likeness (QED) is 0.900. The second kappa shape index (κ2) is 8.82. The van der Waals surface area contributed by atoms with Crippen molar-refractivity contribution in [2.24, 2.45) is 0 Å². The lowest BCUT2D eigenvalue weighted by atomic mass is 10.1. The van der Waals surface area contributed by atoms with Crippen molar-refractivity contribution in [3.8, 4) is 0 Å². The van der Waals surface area contributed by atoms with E-state index in [-0.39, 0.29) is 11.9 Å². The summed E-state index contributed by atoms with van der Waals surface area (Å²) in [6, 6.07) is 7.44. The van der Waals surface area contributed by atoms with Gasteiger partial charge in [-0.25, -0.2) is 4.79 Å². The monoisotopic (exact) mass is 335 g/mol. The Kier molecular flexibility index (Phi) is 6.77. The van der Waals surface area contributed by atoms with Crippen LogP contribution in [-0.2, 0) is 11.2 Å². The predicted molar refractivity (Wildman–Crippen MR) is 96.0 cm³/mol. The average molecular weight is 335 g/mol. The van der Waals surface area contributed by atoms with Gasteiger partial charge in [0.2, 0.25) is 5.91 Å². The standard InChI is InChI=1S/C17H25N3O2S/c1-3-19(4-2)17(22)18-15-7-5-14(6-8-15)13-16(21)20-9-11-23-12-10-20/h5-8H,3-4,9-13H2,1-2H3,(H,18,22). The lowest BCUT2D eigenvalue weighted by molar-refractivity contribution is -0.130. The summed E-state index contributed by atoms with van der Waals surface area (Å²) in [6.45, 7) is 6.98. The van der Waals surface area contributed by atoms with Gasteiger partial charge in [0, 0.05) is 43.4 Å². The van der Waals surface area contributed by atoms with Crippen molar-refractivity contribution in [2.75, 3.05) is 43.0 Å². The number of carbonyl (C=O) groups excluding carboxylic acids is 2. The molecule has 1 heterocycles. The summed E-state index contributed by atoms with van der Waals surface area (Å²) in [5, 5.41) is 2.88. The first-order valence-corrected chi connectivity index (χ1v) is 9.30. The third-order valence-corrected chi connectivity index (χ3v) is 4.92. The van der Waals surface area contributed by atoms with Crippen LogP contribution in [0.3, 0.4) is 0 Å². The molecule has 0 saturated carbocycles. The number of carbonyl (C=O) groups is 2. The molecule has 0 unspecified atom stereocenters. The molecule has 126 valence electrons. The highest BCUT2D eigenvalue weighted by Crippen LogP contribution is 2.14. The van der Waals surface area contributed by atoms with Gasteiger partial charge in [0.05, 0.1) is 6.42 Å². The fourth-order valence-electron chi connectivity index (χ4n) is 2.52. The molecular formula is C17H25N3O2S. The Bertz CT molecular complexity index is 523. The maximum atomic E-state index is 12.2. The number of hydrogen-bond donors (Lipinski definition) is 1. The number of urea groups is 1. The van der Waals surface area contributed by atoms with Gasteiger partial charge in [0.25, 0.3) is 0 Å². The van der Waals surface area contributed by atoms with Gasteiger partial charge in [0.1, 0.15) is 0 Å². The highest BCUT2D eigenvalue weighted by molar-refractivity contribution is 7.99. The molecule has 1 saturated heterocycles. The highest BCUT2D eigenvalue weighted by Gasteiger charge is 2.17. The van der Waals surface area contributed by atoms with Gasteiger partial charge < -0.3 is 15.1 Å². The number of benzene rings is 1. The van der Waals surface area contributed by atoms with Crippen LogP contribution in [0.1, 0.15) is 19.4 Å². The summed E-state index contributed by atoms with van der Waals surface area (Å²) in [4.78, 5) is 27.9. The zero-order valence-electron chi connectivity index (χ0n) is 13.9. The molecule has 0 aromatic heterocycles. The molecule has 3 amide bonds. The maximum Gasteiger partial charge on any atom is 0.321 e. The SMILES string of the molecule is CCN(CC)C(=O)Nc1ccc(CC(=O)N2CCSCC2)cc1. The van der Waals surface area contributed by atoms with E-state index < -0.39 is 0 Å². The van der Waals surface area contributed by atoms with E-state index in [1.54, 1.807) is 4.90 Å². The van der Waals surface area contributed by atoms with Gasteiger partial charge in [0.15, 0.2) is 0 Å². The Labute approximate surface area is 142 Å². The molecular weight excluding hydrogens is 310 g/mol. The first kappa shape index (κ1) is 17.7. The van der Waals surface area contributed by atoms with E-state index in [0.29, 0.717) is 19.5 Å². The molecule has 0 aliphatic carbocycles. The minimum atomic E-state index is -0.0929. The van der Waals surface area contributed by atoms with E-state index in [1.165, 1.54) is 0 Å². The number of amides is 3. The Hall–Kier alpha value is -1.69. The van der Waals surface area contributed by atoms with Crippen molar-refractivity contribution in [1.29, 1.82) is 0 Å². The number of nitrogens with one attached hydrogen (secondary N) is 1. The van der Waals surface area contributed by atoms with Crippen molar-refractivity contribution in [2.45, 2.75) is 20.3 Å². The molecule has 0 spiro atoms. The van der Waals surface area contributed by atoms with Crippen LogP contribution < -0.4 is 5.32 Å². The zero-order valence-corrected chi connectivity index (χ0v) is 14.7. The fraction of sp³-hybridized carbons (Fsp3) is 0.529. The summed E-state index contributed by atoms with van der Waals surface area (Å²) in [7, 11) is 0. The molecule has 1 aliphatic rings. The Morgan fingerprint density at radius 3 is 2.30 bits per heavy atom. The summed E-state index contributed by atoms with van der Waals surface area (Å²) in [5.41, 5.74) is 1.74. The van der Waals surface area contributed by atoms with Crippen LogP contribution in [0.4, 0.5) is 10.5 Å².